The minimum atomic E-state index is -0.0917. The Morgan fingerprint density at radius 2 is 2.27 bits per heavy atom. The number of aryl methyl sites for hydroxylation is 2. The minimum absolute atomic E-state index is 0.00640. The highest BCUT2D eigenvalue weighted by Gasteiger charge is 2.23. The minimum Gasteiger partial charge on any atom is -0.349 e. The van der Waals surface area contributed by atoms with Crippen molar-refractivity contribution >= 4 is 27.5 Å². The van der Waals surface area contributed by atoms with Crippen molar-refractivity contribution in [2.75, 3.05) is 0 Å². The van der Waals surface area contributed by atoms with E-state index in [-0.39, 0.29) is 17.5 Å². The molecule has 22 heavy (non-hydrogen) atoms. The molecule has 0 saturated heterocycles. The van der Waals surface area contributed by atoms with Crippen LogP contribution >= 0.6 is 11.3 Å². The lowest BCUT2D eigenvalue weighted by atomic mass is 10.1. The number of hydrogen-bond donors (Lipinski definition) is 1. The Bertz CT molecular complexity index is 791. The van der Waals surface area contributed by atoms with E-state index < -0.39 is 0 Å². The van der Waals surface area contributed by atoms with Crippen molar-refractivity contribution in [3.8, 4) is 0 Å². The Balaban J connectivity index is 2.02. The molecule has 2 aromatic heterocycles. The third-order valence-electron chi connectivity index (χ3n) is 4.22. The number of hydrogen-bond acceptors (Lipinski definition) is 4. The molecule has 0 aromatic carbocycles. The van der Waals surface area contributed by atoms with Gasteiger partial charge in [0.2, 0.25) is 0 Å². The first-order valence-electron chi connectivity index (χ1n) is 7.86. The number of fused-ring (bicyclic) bond motifs is 2. The van der Waals surface area contributed by atoms with Gasteiger partial charge in [0.05, 0.1) is 10.3 Å². The molecular formula is C16H21N3O2S. The molecule has 0 bridgehead atoms. The number of nitrogens with one attached hydrogen (secondary N) is 1. The van der Waals surface area contributed by atoms with E-state index in [9.17, 15) is 9.59 Å². The smallest absolute Gasteiger partial charge is 0.262 e. The molecule has 6 heteroatoms. The van der Waals surface area contributed by atoms with Gasteiger partial charge in [0.25, 0.3) is 11.5 Å². The molecule has 0 spiro atoms. The summed E-state index contributed by atoms with van der Waals surface area (Å²) in [6.07, 6.45) is 3.80. The highest BCUT2D eigenvalue weighted by molar-refractivity contribution is 7.20. The summed E-state index contributed by atoms with van der Waals surface area (Å²) >= 11 is 1.34. The second-order valence-electron chi connectivity index (χ2n) is 5.99. The molecule has 2 aromatic rings. The average molecular weight is 319 g/mol. The topological polar surface area (TPSA) is 64.0 Å². The Hall–Kier alpha value is -1.69. The molecule has 1 aliphatic heterocycles. The normalized spacial score (nSPS) is 15.0. The Morgan fingerprint density at radius 3 is 3.00 bits per heavy atom. The van der Waals surface area contributed by atoms with Gasteiger partial charge >= 0.3 is 0 Å². The van der Waals surface area contributed by atoms with E-state index in [1.165, 1.54) is 11.3 Å². The maximum Gasteiger partial charge on any atom is 0.262 e. The van der Waals surface area contributed by atoms with Gasteiger partial charge in [-0.3, -0.25) is 14.2 Å². The first kappa shape index (κ1) is 15.2. The van der Waals surface area contributed by atoms with Crippen molar-refractivity contribution < 1.29 is 4.79 Å². The largest absolute Gasteiger partial charge is 0.349 e. The van der Waals surface area contributed by atoms with Crippen LogP contribution in [0.2, 0.25) is 0 Å². The van der Waals surface area contributed by atoms with E-state index in [2.05, 4.69) is 17.2 Å². The van der Waals surface area contributed by atoms with E-state index in [4.69, 9.17) is 0 Å². The molecule has 0 radical (unpaired) electrons. The lowest BCUT2D eigenvalue weighted by Gasteiger charge is -2.12. The van der Waals surface area contributed by atoms with Gasteiger partial charge in [-0.15, -0.1) is 11.3 Å². The zero-order valence-corrected chi connectivity index (χ0v) is 14.0. The average Bonchev–Trinajstić information content (AvgIpc) is 3.04. The van der Waals surface area contributed by atoms with Gasteiger partial charge in [-0.1, -0.05) is 13.3 Å². The van der Waals surface area contributed by atoms with Crippen LogP contribution in [-0.2, 0) is 13.0 Å². The van der Waals surface area contributed by atoms with Crippen LogP contribution in [0, 0.1) is 6.92 Å². The standard InChI is InChI=1S/C16H21N3O2S/c1-4-6-9(2)17-14(20)13-10(3)12-15(22-13)18-11-7-5-8-19(11)16(12)21/h9H,4-8H2,1-3H3,(H,17,20)/t9-/m1/s1. The van der Waals surface area contributed by atoms with Crippen LogP contribution in [0.1, 0.15) is 54.2 Å². The van der Waals surface area contributed by atoms with E-state index in [0.717, 1.165) is 43.6 Å². The van der Waals surface area contributed by atoms with E-state index in [1.807, 2.05) is 13.8 Å². The number of carbonyl (C=O) groups is 1. The number of nitrogens with zero attached hydrogens (tertiary/aromatic N) is 2. The summed E-state index contributed by atoms with van der Waals surface area (Å²) in [5.41, 5.74) is 0.771. The van der Waals surface area contributed by atoms with Crippen LogP contribution in [0.15, 0.2) is 4.79 Å². The van der Waals surface area contributed by atoms with Crippen molar-refractivity contribution in [3.05, 3.63) is 26.6 Å². The van der Waals surface area contributed by atoms with Crippen LogP contribution in [0.25, 0.3) is 10.2 Å². The van der Waals surface area contributed by atoms with Gasteiger partial charge in [-0.05, 0) is 32.3 Å². The van der Waals surface area contributed by atoms with E-state index in [0.29, 0.717) is 15.1 Å². The third-order valence-corrected chi connectivity index (χ3v) is 5.40. The third kappa shape index (κ3) is 2.45. The predicted molar refractivity (Wildman–Crippen MR) is 88.8 cm³/mol. The fourth-order valence-electron chi connectivity index (χ4n) is 3.09. The summed E-state index contributed by atoms with van der Waals surface area (Å²) in [6, 6.07) is 0.140. The SMILES string of the molecule is CCC[C@@H](C)NC(=O)c1sc2nc3n(c(=O)c2c1C)CCC3. The van der Waals surface area contributed by atoms with Crippen LogP contribution in [0.5, 0.6) is 0 Å². The molecule has 1 N–H and O–H groups in total. The number of carbonyl (C=O) groups excluding carboxylic acids is 1. The summed E-state index contributed by atoms with van der Waals surface area (Å²) in [5, 5.41) is 3.63. The van der Waals surface area contributed by atoms with Gasteiger partial charge < -0.3 is 5.32 Å². The summed E-state index contributed by atoms with van der Waals surface area (Å²) in [6.45, 7) is 6.69. The molecule has 0 aliphatic carbocycles. The fraction of sp³-hybridized carbons (Fsp3) is 0.562. The van der Waals surface area contributed by atoms with Gasteiger partial charge in [-0.2, -0.15) is 0 Å². The number of rotatable bonds is 4. The zero-order chi connectivity index (χ0) is 15.9. The Labute approximate surface area is 133 Å². The van der Waals surface area contributed by atoms with Gasteiger partial charge in [0, 0.05) is 19.0 Å². The lowest BCUT2D eigenvalue weighted by Crippen LogP contribution is -2.32. The monoisotopic (exact) mass is 319 g/mol. The molecule has 0 unspecified atom stereocenters. The van der Waals surface area contributed by atoms with Crippen LogP contribution < -0.4 is 10.9 Å². The Morgan fingerprint density at radius 1 is 1.50 bits per heavy atom. The van der Waals surface area contributed by atoms with Gasteiger partial charge in [-0.25, -0.2) is 4.98 Å². The molecule has 1 aliphatic rings. The fourth-order valence-corrected chi connectivity index (χ4v) is 4.18. The summed E-state index contributed by atoms with van der Waals surface area (Å²) < 4.78 is 1.75. The van der Waals surface area contributed by atoms with Crippen LogP contribution in [-0.4, -0.2) is 21.5 Å². The molecular weight excluding hydrogens is 298 g/mol. The second kappa shape index (κ2) is 5.83. The number of aromatic nitrogens is 2. The van der Waals surface area contributed by atoms with E-state index in [1.54, 1.807) is 4.57 Å². The zero-order valence-electron chi connectivity index (χ0n) is 13.2. The van der Waals surface area contributed by atoms with Gasteiger partial charge in [0.15, 0.2) is 0 Å². The molecule has 3 heterocycles. The molecule has 5 nitrogen and oxygen atoms in total. The van der Waals surface area contributed by atoms with Crippen molar-refractivity contribution in [2.24, 2.45) is 0 Å². The van der Waals surface area contributed by atoms with Crippen LogP contribution in [0.4, 0.5) is 0 Å². The number of thiophene rings is 1. The maximum absolute atomic E-state index is 12.6. The van der Waals surface area contributed by atoms with Gasteiger partial charge in [0.1, 0.15) is 10.7 Å². The lowest BCUT2D eigenvalue weighted by molar-refractivity contribution is 0.0942. The molecule has 0 fully saturated rings. The van der Waals surface area contributed by atoms with Crippen molar-refractivity contribution in [3.63, 3.8) is 0 Å². The summed E-state index contributed by atoms with van der Waals surface area (Å²) in [7, 11) is 0. The predicted octanol–water partition coefficient (Wildman–Crippen LogP) is 2.63. The van der Waals surface area contributed by atoms with Crippen molar-refractivity contribution in [2.45, 2.75) is 59.0 Å². The highest BCUT2D eigenvalue weighted by atomic mass is 32.1. The van der Waals surface area contributed by atoms with Crippen LogP contribution in [0.3, 0.4) is 0 Å². The number of amides is 1. The quantitative estimate of drug-likeness (QED) is 0.942. The summed E-state index contributed by atoms with van der Waals surface area (Å²) in [5.74, 6) is 0.760. The van der Waals surface area contributed by atoms with Crippen molar-refractivity contribution in [1.82, 2.24) is 14.9 Å². The molecule has 1 atom stereocenters. The second-order valence-corrected chi connectivity index (χ2v) is 6.99. The molecule has 3 rings (SSSR count). The molecule has 0 saturated carbocycles. The Kier molecular flexibility index (Phi) is 4.04. The maximum atomic E-state index is 12.6. The highest BCUT2D eigenvalue weighted by Crippen LogP contribution is 2.28. The molecule has 1 amide bonds. The first-order chi connectivity index (χ1) is 10.5. The first-order valence-corrected chi connectivity index (χ1v) is 8.68. The summed E-state index contributed by atoms with van der Waals surface area (Å²) in [4.78, 5) is 31.0. The molecule has 118 valence electrons. The van der Waals surface area contributed by atoms with Crippen molar-refractivity contribution in [1.29, 1.82) is 0 Å². The van der Waals surface area contributed by atoms with E-state index >= 15 is 0 Å².